The van der Waals surface area contributed by atoms with Crippen LogP contribution >= 0.6 is 0 Å². The van der Waals surface area contributed by atoms with Gasteiger partial charge < -0.3 is 15.3 Å². The highest BCUT2D eigenvalue weighted by molar-refractivity contribution is 5.73. The molecular weight excluding hydrogens is 230 g/mol. The average Bonchev–Trinajstić information content (AvgIpc) is 2.75. The lowest BCUT2D eigenvalue weighted by atomic mass is 10.2. The number of nitrogens with one attached hydrogen (secondary N) is 1. The summed E-state index contributed by atoms with van der Waals surface area (Å²) >= 11 is 0. The Hall–Kier alpha value is -0.650. The van der Waals surface area contributed by atoms with E-state index in [0.717, 1.165) is 13.1 Å². The van der Waals surface area contributed by atoms with E-state index in [1.807, 2.05) is 14.0 Å². The minimum atomic E-state index is -0.762. The largest absolute Gasteiger partial charge is 0.480 e. The van der Waals surface area contributed by atoms with Gasteiger partial charge in [0, 0.05) is 19.1 Å². The lowest BCUT2D eigenvalue weighted by Gasteiger charge is -2.29. The van der Waals surface area contributed by atoms with Gasteiger partial charge in [-0.1, -0.05) is 13.8 Å². The van der Waals surface area contributed by atoms with E-state index in [2.05, 4.69) is 22.0 Å². The van der Waals surface area contributed by atoms with Crippen molar-refractivity contribution in [3.8, 4) is 0 Å². The van der Waals surface area contributed by atoms with E-state index >= 15 is 0 Å². The highest BCUT2D eigenvalue weighted by Crippen LogP contribution is 2.17. The Balaban J connectivity index is 2.39. The molecule has 1 rings (SSSR count). The average molecular weight is 257 g/mol. The fourth-order valence-electron chi connectivity index (χ4n) is 2.74. The second-order valence-electron chi connectivity index (χ2n) is 5.09. The maximum absolute atomic E-state index is 11.1. The summed E-state index contributed by atoms with van der Waals surface area (Å²) in [6.45, 7) is 8.62. The molecule has 106 valence electrons. The van der Waals surface area contributed by atoms with Crippen LogP contribution in [0.15, 0.2) is 0 Å². The van der Waals surface area contributed by atoms with Crippen LogP contribution in [0.3, 0.4) is 0 Å². The Labute approximate surface area is 110 Å². The number of hydrogen-bond acceptors (Lipinski definition) is 4. The first kappa shape index (κ1) is 15.4. The van der Waals surface area contributed by atoms with Crippen molar-refractivity contribution in [2.75, 3.05) is 39.8 Å². The van der Waals surface area contributed by atoms with Crippen LogP contribution in [0.5, 0.6) is 0 Å². The van der Waals surface area contributed by atoms with E-state index < -0.39 is 12.0 Å². The summed E-state index contributed by atoms with van der Waals surface area (Å²) in [6, 6.07) is 0.132. The lowest BCUT2D eigenvalue weighted by Crippen LogP contribution is -2.48. The van der Waals surface area contributed by atoms with Gasteiger partial charge in [-0.05, 0) is 39.5 Å². The molecule has 5 nitrogen and oxygen atoms in total. The predicted octanol–water partition coefficient (Wildman–Crippen LogP) is 0.465. The standard InChI is InChI=1S/C13H27N3O2/c1-4-14-12(13(17)18)10-15(3)9-11-7-6-8-16(11)5-2/h11-12,14H,4-10H2,1-3H3,(H,17,18). The van der Waals surface area contributed by atoms with Crippen molar-refractivity contribution in [3.63, 3.8) is 0 Å². The van der Waals surface area contributed by atoms with E-state index in [4.69, 9.17) is 5.11 Å². The normalized spacial score (nSPS) is 22.6. The second kappa shape index (κ2) is 7.71. The zero-order valence-corrected chi connectivity index (χ0v) is 11.9. The molecule has 2 atom stereocenters. The molecule has 1 aliphatic heterocycles. The zero-order chi connectivity index (χ0) is 13.5. The molecular formula is C13H27N3O2. The lowest BCUT2D eigenvalue weighted by molar-refractivity contribution is -0.139. The molecule has 0 spiro atoms. The van der Waals surface area contributed by atoms with Crippen molar-refractivity contribution < 1.29 is 9.90 Å². The van der Waals surface area contributed by atoms with Crippen molar-refractivity contribution in [1.82, 2.24) is 15.1 Å². The Bertz CT molecular complexity index is 261. The molecule has 1 fully saturated rings. The highest BCUT2D eigenvalue weighted by atomic mass is 16.4. The number of rotatable bonds is 8. The Kier molecular flexibility index (Phi) is 6.60. The molecule has 5 heteroatoms. The van der Waals surface area contributed by atoms with Gasteiger partial charge in [-0.2, -0.15) is 0 Å². The van der Waals surface area contributed by atoms with Gasteiger partial charge in [-0.15, -0.1) is 0 Å². The molecule has 1 saturated heterocycles. The van der Waals surface area contributed by atoms with Crippen molar-refractivity contribution in [2.45, 2.75) is 38.8 Å². The Morgan fingerprint density at radius 1 is 1.56 bits per heavy atom. The van der Waals surface area contributed by atoms with Crippen molar-refractivity contribution >= 4 is 5.97 Å². The van der Waals surface area contributed by atoms with Gasteiger partial charge in [0.05, 0.1) is 0 Å². The smallest absolute Gasteiger partial charge is 0.322 e. The molecule has 0 aromatic heterocycles. The van der Waals surface area contributed by atoms with E-state index in [9.17, 15) is 4.79 Å². The summed E-state index contributed by atoms with van der Waals surface area (Å²) < 4.78 is 0. The van der Waals surface area contributed by atoms with E-state index in [0.29, 0.717) is 19.1 Å². The summed E-state index contributed by atoms with van der Waals surface area (Å²) in [4.78, 5) is 15.7. The maximum Gasteiger partial charge on any atom is 0.322 e. The van der Waals surface area contributed by atoms with Crippen molar-refractivity contribution in [2.24, 2.45) is 0 Å². The quantitative estimate of drug-likeness (QED) is 0.662. The molecule has 18 heavy (non-hydrogen) atoms. The number of hydrogen-bond donors (Lipinski definition) is 2. The van der Waals surface area contributed by atoms with Gasteiger partial charge in [0.15, 0.2) is 0 Å². The number of aliphatic carboxylic acids is 1. The number of carboxylic acid groups (broad SMARTS) is 1. The summed E-state index contributed by atoms with van der Waals surface area (Å²) in [7, 11) is 2.01. The van der Waals surface area contributed by atoms with Gasteiger partial charge >= 0.3 is 5.97 Å². The number of likely N-dealkylation sites (tertiary alicyclic amines) is 1. The highest BCUT2D eigenvalue weighted by Gasteiger charge is 2.25. The molecule has 2 N–H and O–H groups in total. The monoisotopic (exact) mass is 257 g/mol. The molecule has 0 aromatic carbocycles. The van der Waals surface area contributed by atoms with Crippen LogP contribution in [0.1, 0.15) is 26.7 Å². The first-order valence-electron chi connectivity index (χ1n) is 6.97. The summed E-state index contributed by atoms with van der Waals surface area (Å²) in [6.07, 6.45) is 2.50. The topological polar surface area (TPSA) is 55.8 Å². The number of nitrogens with zero attached hydrogens (tertiary/aromatic N) is 2. The minimum absolute atomic E-state index is 0.462. The maximum atomic E-state index is 11.1. The first-order chi connectivity index (χ1) is 8.58. The van der Waals surface area contributed by atoms with Gasteiger partial charge in [-0.25, -0.2) is 0 Å². The SMILES string of the molecule is CCNC(CN(C)CC1CCCN1CC)C(=O)O. The van der Waals surface area contributed by atoms with Crippen LogP contribution in [0.25, 0.3) is 0 Å². The van der Waals surface area contributed by atoms with E-state index in [1.54, 1.807) is 0 Å². The number of carboxylic acids is 1. The van der Waals surface area contributed by atoms with Crippen LogP contribution in [0, 0.1) is 0 Å². The van der Waals surface area contributed by atoms with Gasteiger partial charge in [-0.3, -0.25) is 9.69 Å². The van der Waals surface area contributed by atoms with Crippen molar-refractivity contribution in [3.05, 3.63) is 0 Å². The molecule has 0 aromatic rings. The Morgan fingerprint density at radius 3 is 2.83 bits per heavy atom. The van der Waals surface area contributed by atoms with Crippen LogP contribution < -0.4 is 5.32 Å². The molecule has 0 amide bonds. The second-order valence-corrected chi connectivity index (χ2v) is 5.09. The summed E-state index contributed by atoms with van der Waals surface area (Å²) in [5.74, 6) is -0.762. The third kappa shape index (κ3) is 4.55. The summed E-state index contributed by atoms with van der Waals surface area (Å²) in [5, 5.41) is 12.1. The molecule has 2 unspecified atom stereocenters. The number of likely N-dealkylation sites (N-methyl/N-ethyl adjacent to an activating group) is 3. The van der Waals surface area contributed by atoms with E-state index in [-0.39, 0.29) is 0 Å². The molecule has 0 radical (unpaired) electrons. The fourth-order valence-corrected chi connectivity index (χ4v) is 2.74. The molecule has 0 saturated carbocycles. The Morgan fingerprint density at radius 2 is 2.28 bits per heavy atom. The number of carbonyl (C=O) groups is 1. The van der Waals surface area contributed by atoms with Gasteiger partial charge in [0.2, 0.25) is 0 Å². The first-order valence-corrected chi connectivity index (χ1v) is 6.97. The van der Waals surface area contributed by atoms with Crippen LogP contribution in [-0.4, -0.2) is 72.7 Å². The van der Waals surface area contributed by atoms with Gasteiger partial charge in [0.1, 0.15) is 6.04 Å². The third-order valence-corrected chi connectivity index (χ3v) is 3.67. The molecule has 0 aliphatic carbocycles. The van der Waals surface area contributed by atoms with Crippen LogP contribution in [-0.2, 0) is 4.79 Å². The minimum Gasteiger partial charge on any atom is -0.480 e. The molecule has 0 bridgehead atoms. The van der Waals surface area contributed by atoms with E-state index in [1.165, 1.54) is 19.4 Å². The van der Waals surface area contributed by atoms with Crippen LogP contribution in [0.2, 0.25) is 0 Å². The van der Waals surface area contributed by atoms with Crippen LogP contribution in [0.4, 0.5) is 0 Å². The molecule has 1 heterocycles. The predicted molar refractivity (Wildman–Crippen MR) is 72.9 cm³/mol. The third-order valence-electron chi connectivity index (χ3n) is 3.67. The summed E-state index contributed by atoms with van der Waals surface area (Å²) in [5.41, 5.74) is 0. The van der Waals surface area contributed by atoms with Gasteiger partial charge in [0.25, 0.3) is 0 Å². The van der Waals surface area contributed by atoms with Crippen molar-refractivity contribution in [1.29, 1.82) is 0 Å². The molecule has 1 aliphatic rings. The zero-order valence-electron chi connectivity index (χ0n) is 11.9. The fraction of sp³-hybridized carbons (Fsp3) is 0.923.